The lowest BCUT2D eigenvalue weighted by Crippen LogP contribution is -2.47. The van der Waals surface area contributed by atoms with Crippen LogP contribution in [0.4, 0.5) is 0 Å². The van der Waals surface area contributed by atoms with E-state index in [1.807, 2.05) is 6.92 Å². The average Bonchev–Trinajstić information content (AvgIpc) is 2.16. The Bertz CT molecular complexity index is 355. The number of piperidine rings is 1. The van der Waals surface area contributed by atoms with E-state index in [0.29, 0.717) is 19.0 Å². The number of aliphatic carboxylic acids is 1. The van der Waals surface area contributed by atoms with E-state index in [4.69, 9.17) is 5.11 Å². The van der Waals surface area contributed by atoms with Gasteiger partial charge in [-0.15, -0.1) is 0 Å². The molecule has 0 aromatic rings. The molecule has 94 valence electrons. The van der Waals surface area contributed by atoms with Gasteiger partial charge < -0.3 is 5.11 Å². The van der Waals surface area contributed by atoms with Gasteiger partial charge in [0.2, 0.25) is 0 Å². The van der Waals surface area contributed by atoms with Crippen LogP contribution in [-0.4, -0.2) is 54.8 Å². The monoisotopic (exact) mass is 250 g/mol. The Kier molecular flexibility index (Phi) is 4.28. The molecule has 1 heterocycles. The average molecular weight is 250 g/mol. The molecule has 7 heteroatoms. The van der Waals surface area contributed by atoms with E-state index in [9.17, 15) is 13.2 Å². The van der Waals surface area contributed by atoms with Gasteiger partial charge in [0.1, 0.15) is 6.54 Å². The Balaban J connectivity index is 2.72. The van der Waals surface area contributed by atoms with Crippen LogP contribution in [0.15, 0.2) is 0 Å². The molecule has 1 unspecified atom stereocenters. The first-order chi connectivity index (χ1) is 7.34. The summed E-state index contributed by atoms with van der Waals surface area (Å²) in [4.78, 5) is 10.5. The predicted octanol–water partition coefficient (Wildman–Crippen LogP) is -0.0205. The lowest BCUT2D eigenvalue weighted by molar-refractivity contribution is -0.137. The molecule has 1 rings (SSSR count). The van der Waals surface area contributed by atoms with E-state index >= 15 is 0 Å². The SMILES string of the molecule is CC1CCCN(S(=O)(=O)N(C)CC(=O)O)C1. The minimum atomic E-state index is -3.60. The van der Waals surface area contributed by atoms with Gasteiger partial charge in [-0.1, -0.05) is 6.92 Å². The molecule has 0 amide bonds. The summed E-state index contributed by atoms with van der Waals surface area (Å²) in [5, 5.41) is 8.57. The van der Waals surface area contributed by atoms with Crippen LogP contribution >= 0.6 is 0 Å². The van der Waals surface area contributed by atoms with Crippen LogP contribution in [0.25, 0.3) is 0 Å². The van der Waals surface area contributed by atoms with E-state index in [1.54, 1.807) is 0 Å². The van der Waals surface area contributed by atoms with Crippen LogP contribution in [0.2, 0.25) is 0 Å². The summed E-state index contributed by atoms with van der Waals surface area (Å²) in [6, 6.07) is 0. The summed E-state index contributed by atoms with van der Waals surface area (Å²) >= 11 is 0. The zero-order valence-corrected chi connectivity index (χ0v) is 10.4. The minimum Gasteiger partial charge on any atom is -0.480 e. The van der Waals surface area contributed by atoms with Gasteiger partial charge >= 0.3 is 5.97 Å². The maximum atomic E-state index is 12.0. The number of carboxylic acids is 1. The smallest absolute Gasteiger partial charge is 0.318 e. The van der Waals surface area contributed by atoms with Gasteiger partial charge in [0.15, 0.2) is 0 Å². The predicted molar refractivity (Wildman–Crippen MR) is 59.2 cm³/mol. The zero-order valence-electron chi connectivity index (χ0n) is 9.59. The second-order valence-electron chi connectivity index (χ2n) is 4.26. The first kappa shape index (κ1) is 13.4. The Morgan fingerprint density at radius 1 is 1.56 bits per heavy atom. The largest absolute Gasteiger partial charge is 0.480 e. The van der Waals surface area contributed by atoms with Crippen LogP contribution < -0.4 is 0 Å². The maximum absolute atomic E-state index is 12.0. The molecule has 1 aliphatic rings. The zero-order chi connectivity index (χ0) is 12.3. The highest BCUT2D eigenvalue weighted by Gasteiger charge is 2.31. The van der Waals surface area contributed by atoms with Crippen LogP contribution in [0.3, 0.4) is 0 Å². The van der Waals surface area contributed by atoms with Gasteiger partial charge in [-0.2, -0.15) is 17.0 Å². The van der Waals surface area contributed by atoms with Crippen LogP contribution in [0, 0.1) is 5.92 Å². The second-order valence-corrected chi connectivity index (χ2v) is 6.30. The molecule has 0 aromatic carbocycles. The standard InChI is InChI=1S/C9H18N2O4S/c1-8-4-3-5-11(6-8)16(14,15)10(2)7-9(12)13/h8H,3-7H2,1-2H3,(H,12,13). The molecule has 0 aliphatic carbocycles. The third-order valence-electron chi connectivity index (χ3n) is 2.70. The molecule has 1 N–H and O–H groups in total. The van der Waals surface area contributed by atoms with Crippen molar-refractivity contribution >= 4 is 16.2 Å². The molecule has 6 nitrogen and oxygen atoms in total. The second kappa shape index (κ2) is 5.11. The van der Waals surface area contributed by atoms with Crippen molar-refractivity contribution in [2.75, 3.05) is 26.7 Å². The third-order valence-corrected chi connectivity index (χ3v) is 4.60. The number of hydrogen-bond acceptors (Lipinski definition) is 3. The van der Waals surface area contributed by atoms with Gasteiger partial charge in [-0.05, 0) is 18.8 Å². The molecule has 16 heavy (non-hydrogen) atoms. The Morgan fingerprint density at radius 3 is 2.69 bits per heavy atom. The Labute approximate surface area is 96.0 Å². The fraction of sp³-hybridized carbons (Fsp3) is 0.889. The third kappa shape index (κ3) is 3.16. The van der Waals surface area contributed by atoms with Crippen molar-refractivity contribution in [1.29, 1.82) is 0 Å². The highest BCUT2D eigenvalue weighted by molar-refractivity contribution is 7.86. The molecule has 0 aromatic heterocycles. The molecular weight excluding hydrogens is 232 g/mol. The van der Waals surface area contributed by atoms with Crippen molar-refractivity contribution in [3.8, 4) is 0 Å². The Morgan fingerprint density at radius 2 is 2.19 bits per heavy atom. The van der Waals surface area contributed by atoms with E-state index in [1.165, 1.54) is 11.4 Å². The Hall–Kier alpha value is -0.660. The number of carboxylic acid groups (broad SMARTS) is 1. The highest BCUT2D eigenvalue weighted by atomic mass is 32.2. The summed E-state index contributed by atoms with van der Waals surface area (Å²) < 4.78 is 26.2. The first-order valence-corrected chi connectivity index (χ1v) is 6.67. The maximum Gasteiger partial charge on any atom is 0.318 e. The van der Waals surface area contributed by atoms with Crippen molar-refractivity contribution in [2.24, 2.45) is 5.92 Å². The molecular formula is C9H18N2O4S. The van der Waals surface area contributed by atoms with E-state index in [-0.39, 0.29) is 0 Å². The van der Waals surface area contributed by atoms with E-state index in [0.717, 1.165) is 17.1 Å². The molecule has 0 radical (unpaired) electrons. The number of hydrogen-bond donors (Lipinski definition) is 1. The molecule has 1 aliphatic heterocycles. The minimum absolute atomic E-state index is 0.335. The lowest BCUT2D eigenvalue weighted by Gasteiger charge is -2.32. The summed E-state index contributed by atoms with van der Waals surface area (Å²) in [5.41, 5.74) is 0. The molecule has 1 atom stereocenters. The van der Waals surface area contributed by atoms with Crippen molar-refractivity contribution in [1.82, 2.24) is 8.61 Å². The summed E-state index contributed by atoms with van der Waals surface area (Å²) in [6.07, 6.45) is 1.86. The highest BCUT2D eigenvalue weighted by Crippen LogP contribution is 2.19. The molecule has 0 bridgehead atoms. The van der Waals surface area contributed by atoms with Crippen molar-refractivity contribution < 1.29 is 18.3 Å². The summed E-state index contributed by atoms with van der Waals surface area (Å²) in [7, 11) is -2.31. The number of carbonyl (C=O) groups is 1. The van der Waals surface area contributed by atoms with Gasteiger partial charge in [-0.3, -0.25) is 4.79 Å². The molecule has 0 saturated carbocycles. The van der Waals surface area contributed by atoms with Gasteiger partial charge in [0.25, 0.3) is 10.2 Å². The fourth-order valence-corrected chi connectivity index (χ4v) is 3.30. The van der Waals surface area contributed by atoms with Crippen molar-refractivity contribution in [2.45, 2.75) is 19.8 Å². The van der Waals surface area contributed by atoms with Gasteiger partial charge in [0.05, 0.1) is 0 Å². The lowest BCUT2D eigenvalue weighted by atomic mass is 10.0. The van der Waals surface area contributed by atoms with Crippen LogP contribution in [0.1, 0.15) is 19.8 Å². The summed E-state index contributed by atoms with van der Waals surface area (Å²) in [5.74, 6) is -0.808. The molecule has 0 spiro atoms. The normalized spacial score (nSPS) is 23.6. The van der Waals surface area contributed by atoms with Crippen LogP contribution in [-0.2, 0) is 15.0 Å². The molecule has 1 saturated heterocycles. The summed E-state index contributed by atoms with van der Waals surface area (Å²) in [6.45, 7) is 2.47. The topological polar surface area (TPSA) is 77.9 Å². The van der Waals surface area contributed by atoms with Gasteiger partial charge in [-0.25, -0.2) is 0 Å². The van der Waals surface area contributed by atoms with E-state index in [2.05, 4.69) is 0 Å². The van der Waals surface area contributed by atoms with E-state index < -0.39 is 22.7 Å². The first-order valence-electron chi connectivity index (χ1n) is 5.27. The number of rotatable bonds is 4. The van der Waals surface area contributed by atoms with Gasteiger partial charge in [0, 0.05) is 20.1 Å². The van der Waals surface area contributed by atoms with Crippen molar-refractivity contribution in [3.63, 3.8) is 0 Å². The van der Waals surface area contributed by atoms with Crippen molar-refractivity contribution in [3.05, 3.63) is 0 Å². The molecule has 1 fully saturated rings. The number of nitrogens with zero attached hydrogens (tertiary/aromatic N) is 2. The quantitative estimate of drug-likeness (QED) is 0.760. The fourth-order valence-electron chi connectivity index (χ4n) is 1.83. The number of likely N-dealkylation sites (N-methyl/N-ethyl adjacent to an activating group) is 1. The van der Waals surface area contributed by atoms with Crippen LogP contribution in [0.5, 0.6) is 0 Å².